The van der Waals surface area contributed by atoms with Crippen LogP contribution < -0.4 is 21.7 Å². The maximum atomic E-state index is 13.3. The van der Waals surface area contributed by atoms with Gasteiger partial charge in [0.05, 0.1) is 36.3 Å². The highest BCUT2D eigenvalue weighted by molar-refractivity contribution is 5.87. The molecule has 0 amide bonds. The molecule has 7 aromatic rings. The molecule has 0 spiro atoms. The predicted octanol–water partition coefficient (Wildman–Crippen LogP) is 5.24. The Bertz CT molecular complexity index is 2480. The number of pyridine rings is 2. The van der Waals surface area contributed by atoms with Gasteiger partial charge >= 0.3 is 0 Å². The zero-order chi connectivity index (χ0) is 42.6. The second-order valence-corrected chi connectivity index (χ2v) is 14.2. The fourth-order valence-corrected chi connectivity index (χ4v) is 6.45. The van der Waals surface area contributed by atoms with Crippen LogP contribution in [-0.4, -0.2) is 77.5 Å². The van der Waals surface area contributed by atoms with E-state index in [1.54, 1.807) is 66.3 Å². The molecule has 60 heavy (non-hydrogen) atoms. The summed E-state index contributed by atoms with van der Waals surface area (Å²) in [5.41, 5.74) is 13.6. The lowest BCUT2D eigenvalue weighted by Crippen LogP contribution is -2.39. The molecular weight excluding hydrogens is 767 g/mol. The lowest BCUT2D eigenvalue weighted by Gasteiger charge is -2.18. The molecule has 0 saturated heterocycles. The third-order valence-corrected chi connectivity index (χ3v) is 9.91. The molecule has 0 aliphatic carbocycles. The standard InChI is InChI=1S/C24H26FN7O.C20H22FN5O/c1-26-24-12-17(7-9-27-24)21-13-20(32(2)31-21)14-23(33)22(28-15-19-8-10-29-30-19)11-16-3-5-18(25)6-4-16;1-23-20-10-14(7-8-24-20)18-11-16(26(2)25-18)12-19(27)17(22)9-13-3-5-15(21)6-4-13/h3-10,12-13,22,28H,11,14-15H2,1-2H3,(H,26,27)(H,29,30);3-8,10-11,17H,9,12,22H2,1-2H3,(H,23,24)/t22-;17-/m00/s1. The van der Waals surface area contributed by atoms with Gasteiger partial charge in [-0.05, 0) is 90.7 Å². The van der Waals surface area contributed by atoms with Crippen molar-refractivity contribution in [2.75, 3.05) is 24.7 Å². The van der Waals surface area contributed by atoms with Crippen LogP contribution in [0.1, 0.15) is 28.2 Å². The summed E-state index contributed by atoms with van der Waals surface area (Å²) in [7, 11) is 7.25. The molecule has 0 aliphatic heterocycles. The van der Waals surface area contributed by atoms with Crippen LogP contribution in [-0.2, 0) is 55.9 Å². The van der Waals surface area contributed by atoms with Crippen molar-refractivity contribution in [2.45, 2.75) is 44.3 Å². The second-order valence-electron chi connectivity index (χ2n) is 14.2. The van der Waals surface area contributed by atoms with E-state index in [1.165, 1.54) is 24.3 Å². The van der Waals surface area contributed by atoms with E-state index in [0.717, 1.165) is 62.4 Å². The van der Waals surface area contributed by atoms with Gasteiger partial charge in [0.1, 0.15) is 23.3 Å². The number of nitrogens with zero attached hydrogens (tertiary/aromatic N) is 7. The van der Waals surface area contributed by atoms with E-state index >= 15 is 0 Å². The Balaban J connectivity index is 0.000000205. The zero-order valence-electron chi connectivity index (χ0n) is 33.9. The average molecular weight is 815 g/mol. The van der Waals surface area contributed by atoms with Gasteiger partial charge in [0.2, 0.25) is 0 Å². The van der Waals surface area contributed by atoms with Gasteiger partial charge in [0.25, 0.3) is 0 Å². The molecule has 5 heterocycles. The van der Waals surface area contributed by atoms with Crippen molar-refractivity contribution < 1.29 is 18.4 Å². The Hall–Kier alpha value is -6.91. The van der Waals surface area contributed by atoms with Crippen molar-refractivity contribution in [2.24, 2.45) is 19.8 Å². The van der Waals surface area contributed by atoms with Gasteiger partial charge in [-0.25, -0.2) is 18.7 Å². The summed E-state index contributed by atoms with van der Waals surface area (Å²) in [5, 5.41) is 25.2. The quantitative estimate of drug-likeness (QED) is 0.0810. The van der Waals surface area contributed by atoms with Crippen LogP contribution in [0.15, 0.2) is 110 Å². The maximum absolute atomic E-state index is 13.3. The van der Waals surface area contributed by atoms with Gasteiger partial charge in [-0.3, -0.25) is 24.1 Å². The van der Waals surface area contributed by atoms with E-state index in [0.29, 0.717) is 19.4 Å². The number of aromatic amines is 1. The van der Waals surface area contributed by atoms with Crippen LogP contribution >= 0.6 is 0 Å². The number of hydrogen-bond acceptors (Lipinski definition) is 11. The number of carbonyl (C=O) groups is 2. The Morgan fingerprint density at radius 3 is 1.67 bits per heavy atom. The van der Waals surface area contributed by atoms with Crippen LogP contribution in [0.4, 0.5) is 20.4 Å². The average Bonchev–Trinajstić information content (AvgIpc) is 4.01. The second kappa shape index (κ2) is 20.2. The highest BCUT2D eigenvalue weighted by Gasteiger charge is 2.22. The normalized spacial score (nSPS) is 12.0. The minimum absolute atomic E-state index is 0.0269. The summed E-state index contributed by atoms with van der Waals surface area (Å²) in [5.74, 6) is 0.833. The Morgan fingerprint density at radius 1 is 0.683 bits per heavy atom. The molecule has 0 bridgehead atoms. The first-order valence-electron chi connectivity index (χ1n) is 19.3. The summed E-state index contributed by atoms with van der Waals surface area (Å²) >= 11 is 0. The molecule has 0 radical (unpaired) electrons. The fraction of sp³-hybridized carbons (Fsp3) is 0.250. The van der Waals surface area contributed by atoms with E-state index in [1.807, 2.05) is 56.6 Å². The molecular formula is C44H48F2N12O2. The number of H-pyrrole nitrogens is 1. The van der Waals surface area contributed by atoms with E-state index in [9.17, 15) is 18.4 Å². The molecule has 5 aromatic heterocycles. The van der Waals surface area contributed by atoms with E-state index in [-0.39, 0.29) is 36.0 Å². The third kappa shape index (κ3) is 11.6. The van der Waals surface area contributed by atoms with Gasteiger partial charge in [0, 0.05) is 81.5 Å². The van der Waals surface area contributed by atoms with Gasteiger partial charge in [-0.2, -0.15) is 15.3 Å². The topological polar surface area (TPSA) is 186 Å². The van der Waals surface area contributed by atoms with Gasteiger partial charge in [0.15, 0.2) is 11.6 Å². The largest absolute Gasteiger partial charge is 0.373 e. The SMILES string of the molecule is CNc1cc(-c2cc(CC(=O)[C@@H](N)Cc3ccc(F)cc3)n(C)n2)ccn1.CNc1cc(-c2cc(CC(=O)[C@H](Cc3ccc(F)cc3)NCc3ccn[nH]3)n(C)n2)ccn1. The summed E-state index contributed by atoms with van der Waals surface area (Å²) in [6.07, 6.45) is 6.33. The number of benzene rings is 2. The van der Waals surface area contributed by atoms with E-state index < -0.39 is 12.1 Å². The first kappa shape index (κ1) is 42.7. The van der Waals surface area contributed by atoms with Gasteiger partial charge in [-0.1, -0.05) is 24.3 Å². The van der Waals surface area contributed by atoms with Crippen LogP contribution in [0.2, 0.25) is 0 Å². The van der Waals surface area contributed by atoms with Crippen molar-refractivity contribution >= 4 is 23.2 Å². The number of nitrogens with one attached hydrogen (secondary N) is 4. The number of carbonyl (C=O) groups excluding carboxylic acids is 2. The molecule has 0 saturated carbocycles. The number of aromatic nitrogens is 8. The Kier molecular flexibility index (Phi) is 14.4. The van der Waals surface area contributed by atoms with Crippen LogP contribution in [0.5, 0.6) is 0 Å². The van der Waals surface area contributed by atoms with E-state index in [4.69, 9.17) is 5.73 Å². The number of aryl methyl sites for hydroxylation is 2. The predicted molar refractivity (Wildman–Crippen MR) is 227 cm³/mol. The summed E-state index contributed by atoms with van der Waals surface area (Å²) in [4.78, 5) is 34.3. The summed E-state index contributed by atoms with van der Waals surface area (Å²) in [6, 6.07) is 24.4. The number of nitrogens with two attached hydrogens (primary N) is 1. The van der Waals surface area contributed by atoms with Gasteiger partial charge < -0.3 is 21.7 Å². The monoisotopic (exact) mass is 814 g/mol. The first-order chi connectivity index (χ1) is 29.0. The zero-order valence-corrected chi connectivity index (χ0v) is 33.9. The lowest BCUT2D eigenvalue weighted by molar-refractivity contribution is -0.121. The lowest BCUT2D eigenvalue weighted by atomic mass is 9.99. The highest BCUT2D eigenvalue weighted by atomic mass is 19.1. The van der Waals surface area contributed by atoms with Crippen molar-refractivity contribution in [3.8, 4) is 22.5 Å². The fourth-order valence-electron chi connectivity index (χ4n) is 6.45. The van der Waals surface area contributed by atoms with Crippen LogP contribution in [0.3, 0.4) is 0 Å². The molecule has 2 atom stereocenters. The minimum Gasteiger partial charge on any atom is -0.373 e. The third-order valence-electron chi connectivity index (χ3n) is 9.91. The van der Waals surface area contributed by atoms with Crippen LogP contribution in [0, 0.1) is 11.6 Å². The van der Waals surface area contributed by atoms with Crippen molar-refractivity contribution in [1.82, 2.24) is 45.0 Å². The number of halogens is 2. The Morgan fingerprint density at radius 2 is 1.18 bits per heavy atom. The number of ketones is 2. The van der Waals surface area contributed by atoms with Crippen LogP contribution in [0.25, 0.3) is 22.5 Å². The van der Waals surface area contributed by atoms with E-state index in [2.05, 4.69) is 46.3 Å². The summed E-state index contributed by atoms with van der Waals surface area (Å²) < 4.78 is 29.7. The molecule has 2 aromatic carbocycles. The van der Waals surface area contributed by atoms with Crippen molar-refractivity contribution in [1.29, 1.82) is 0 Å². The number of anilines is 2. The Labute approximate surface area is 346 Å². The maximum Gasteiger partial charge on any atom is 0.156 e. The molecule has 0 unspecified atom stereocenters. The van der Waals surface area contributed by atoms with Gasteiger partial charge in [-0.15, -0.1) is 0 Å². The molecule has 14 nitrogen and oxygen atoms in total. The molecule has 0 fully saturated rings. The number of hydrogen-bond donors (Lipinski definition) is 5. The molecule has 16 heteroatoms. The number of Topliss-reactive ketones (excluding diaryl/α,β-unsaturated/α-hetero) is 2. The smallest absolute Gasteiger partial charge is 0.156 e. The summed E-state index contributed by atoms with van der Waals surface area (Å²) in [6.45, 7) is 0.470. The van der Waals surface area contributed by atoms with Crippen molar-refractivity contribution in [3.63, 3.8) is 0 Å². The minimum atomic E-state index is -0.648. The van der Waals surface area contributed by atoms with Crippen molar-refractivity contribution in [3.05, 3.63) is 149 Å². The molecule has 0 aliphatic rings. The first-order valence-corrected chi connectivity index (χ1v) is 19.3. The molecule has 7 rings (SSSR count). The molecule has 6 N–H and O–H groups in total. The highest BCUT2D eigenvalue weighted by Crippen LogP contribution is 2.23. The number of rotatable bonds is 17. The molecule has 310 valence electrons.